The van der Waals surface area contributed by atoms with Crippen molar-refractivity contribution in [2.75, 3.05) is 6.61 Å². The van der Waals surface area contributed by atoms with Gasteiger partial charge in [0, 0.05) is 16.0 Å². The molecule has 1 heterocycles. The van der Waals surface area contributed by atoms with Crippen LogP contribution in [-0.2, 0) is 4.74 Å². The fraction of sp³-hybridized carbons (Fsp3) is 0.0588. The minimum absolute atomic E-state index is 0.0193. The third-order valence-electron chi connectivity index (χ3n) is 3.18. The number of esters is 1. The predicted octanol–water partition coefficient (Wildman–Crippen LogP) is 4.27. The molecule has 0 unspecified atom stereocenters. The van der Waals surface area contributed by atoms with Crippen molar-refractivity contribution in [1.29, 1.82) is 0 Å². The van der Waals surface area contributed by atoms with Crippen molar-refractivity contribution in [1.82, 2.24) is 0 Å². The fourth-order valence-electron chi connectivity index (χ4n) is 2.04. The Labute approximate surface area is 135 Å². The van der Waals surface area contributed by atoms with Crippen molar-refractivity contribution in [2.45, 2.75) is 0 Å². The highest BCUT2D eigenvalue weighted by molar-refractivity contribution is 6.31. The number of carbonyl (C=O) groups excluding carboxylic acids is 2. The molecule has 0 saturated carbocycles. The van der Waals surface area contributed by atoms with Crippen molar-refractivity contribution in [2.24, 2.45) is 0 Å². The number of fused-ring (bicyclic) bond motifs is 1. The highest BCUT2D eigenvalue weighted by Crippen LogP contribution is 2.23. The van der Waals surface area contributed by atoms with Gasteiger partial charge in [-0.25, -0.2) is 9.18 Å². The average Bonchev–Trinajstić information content (AvgIpc) is 2.96. The van der Waals surface area contributed by atoms with Crippen LogP contribution in [0.15, 0.2) is 52.9 Å². The Bertz CT molecular complexity index is 883. The second-order valence-electron chi connectivity index (χ2n) is 4.80. The average molecular weight is 333 g/mol. The van der Waals surface area contributed by atoms with Gasteiger partial charge in [-0.2, -0.15) is 0 Å². The van der Waals surface area contributed by atoms with Gasteiger partial charge in [-0.3, -0.25) is 4.79 Å². The number of hydrogen-bond donors (Lipinski definition) is 0. The third-order valence-corrected chi connectivity index (χ3v) is 3.42. The molecule has 0 aliphatic carbocycles. The first-order chi connectivity index (χ1) is 11.0. The molecule has 0 fully saturated rings. The molecule has 0 saturated heterocycles. The smallest absolute Gasteiger partial charge is 0.374 e. The molecule has 0 aliphatic rings. The number of furan rings is 1. The lowest BCUT2D eigenvalue weighted by atomic mass is 10.1. The normalized spacial score (nSPS) is 10.7. The van der Waals surface area contributed by atoms with Crippen LogP contribution in [0.1, 0.15) is 20.9 Å². The summed E-state index contributed by atoms with van der Waals surface area (Å²) >= 11 is 5.86. The van der Waals surface area contributed by atoms with Crippen molar-refractivity contribution in [3.63, 3.8) is 0 Å². The summed E-state index contributed by atoms with van der Waals surface area (Å²) in [7, 11) is 0. The number of hydrogen-bond acceptors (Lipinski definition) is 4. The van der Waals surface area contributed by atoms with Crippen LogP contribution >= 0.6 is 11.6 Å². The van der Waals surface area contributed by atoms with Crippen LogP contribution in [0, 0.1) is 5.82 Å². The van der Waals surface area contributed by atoms with Gasteiger partial charge in [-0.05, 0) is 48.5 Å². The number of ketones is 1. The molecule has 0 spiro atoms. The maximum atomic E-state index is 12.8. The van der Waals surface area contributed by atoms with Gasteiger partial charge in [0.1, 0.15) is 11.4 Å². The van der Waals surface area contributed by atoms with E-state index in [9.17, 15) is 14.0 Å². The largest absolute Gasteiger partial charge is 0.451 e. The zero-order valence-corrected chi connectivity index (χ0v) is 12.5. The van der Waals surface area contributed by atoms with Crippen LogP contribution < -0.4 is 0 Å². The molecule has 3 rings (SSSR count). The van der Waals surface area contributed by atoms with E-state index in [4.69, 9.17) is 20.8 Å². The van der Waals surface area contributed by atoms with Crippen LogP contribution in [0.2, 0.25) is 5.02 Å². The van der Waals surface area contributed by atoms with Crippen LogP contribution in [0.25, 0.3) is 11.0 Å². The van der Waals surface area contributed by atoms with Crippen molar-refractivity contribution < 1.29 is 23.1 Å². The standard InChI is InChI=1S/C17H10ClFO4/c18-12-3-6-15-11(7-12)8-16(23-15)17(21)22-9-14(20)10-1-4-13(19)5-2-10/h1-8H,9H2. The van der Waals surface area contributed by atoms with E-state index in [1.807, 2.05) is 0 Å². The van der Waals surface area contributed by atoms with Crippen LogP contribution in [0.4, 0.5) is 4.39 Å². The minimum atomic E-state index is -0.757. The number of carbonyl (C=O) groups is 2. The van der Waals surface area contributed by atoms with Gasteiger partial charge in [0.15, 0.2) is 12.4 Å². The van der Waals surface area contributed by atoms with Crippen molar-refractivity contribution >= 4 is 34.3 Å². The third kappa shape index (κ3) is 3.40. The number of ether oxygens (including phenoxy) is 1. The van der Waals surface area contributed by atoms with Crippen molar-refractivity contribution in [3.05, 3.63) is 70.7 Å². The predicted molar refractivity (Wildman–Crippen MR) is 82.2 cm³/mol. The van der Waals surface area contributed by atoms with Crippen molar-refractivity contribution in [3.8, 4) is 0 Å². The topological polar surface area (TPSA) is 56.5 Å². The number of halogens is 2. The summed E-state index contributed by atoms with van der Waals surface area (Å²) in [5.74, 6) is -1.65. The molecule has 1 aromatic heterocycles. The minimum Gasteiger partial charge on any atom is -0.451 e. The SMILES string of the molecule is O=C(COC(=O)c1cc2cc(Cl)ccc2o1)c1ccc(F)cc1. The highest BCUT2D eigenvalue weighted by atomic mass is 35.5. The first kappa shape index (κ1) is 15.2. The molecule has 6 heteroatoms. The maximum Gasteiger partial charge on any atom is 0.374 e. The Balaban J connectivity index is 1.68. The Morgan fingerprint density at radius 1 is 1.09 bits per heavy atom. The molecule has 4 nitrogen and oxygen atoms in total. The van der Waals surface area contributed by atoms with Crippen LogP contribution in [0.5, 0.6) is 0 Å². The molecule has 0 amide bonds. The Hall–Kier alpha value is -2.66. The van der Waals surface area contributed by atoms with E-state index in [1.54, 1.807) is 18.2 Å². The lowest BCUT2D eigenvalue weighted by Gasteiger charge is -2.02. The molecule has 23 heavy (non-hydrogen) atoms. The lowest BCUT2D eigenvalue weighted by Crippen LogP contribution is -2.13. The van der Waals surface area contributed by atoms with E-state index in [-0.39, 0.29) is 11.3 Å². The molecule has 0 N–H and O–H groups in total. The number of rotatable bonds is 4. The molecule has 0 bridgehead atoms. The van der Waals surface area contributed by atoms with E-state index in [0.29, 0.717) is 16.0 Å². The van der Waals surface area contributed by atoms with Gasteiger partial charge in [-0.1, -0.05) is 11.6 Å². The van der Waals surface area contributed by atoms with Crippen LogP contribution in [-0.4, -0.2) is 18.4 Å². The summed E-state index contributed by atoms with van der Waals surface area (Å²) in [6.45, 7) is -0.456. The molecule has 116 valence electrons. The molecular formula is C17H10ClFO4. The second kappa shape index (κ2) is 6.22. The Morgan fingerprint density at radius 2 is 1.83 bits per heavy atom. The zero-order chi connectivity index (χ0) is 16.4. The summed E-state index contributed by atoms with van der Waals surface area (Å²) in [6.07, 6.45) is 0. The van der Waals surface area contributed by atoms with Gasteiger partial charge >= 0.3 is 5.97 Å². The zero-order valence-electron chi connectivity index (χ0n) is 11.7. The first-order valence-electron chi connectivity index (χ1n) is 6.68. The van der Waals surface area contributed by atoms with Gasteiger partial charge in [-0.15, -0.1) is 0 Å². The molecule has 0 aliphatic heterocycles. The van der Waals surface area contributed by atoms with E-state index in [2.05, 4.69) is 0 Å². The van der Waals surface area contributed by atoms with Gasteiger partial charge in [0.25, 0.3) is 0 Å². The maximum absolute atomic E-state index is 12.8. The molecule has 3 aromatic rings. The molecule has 2 aromatic carbocycles. The molecular weight excluding hydrogens is 323 g/mol. The quantitative estimate of drug-likeness (QED) is 0.529. The Kier molecular flexibility index (Phi) is 4.12. The molecule has 0 radical (unpaired) electrons. The number of Topliss-reactive ketones (excluding diaryl/α,β-unsaturated/α-hetero) is 1. The monoisotopic (exact) mass is 332 g/mol. The van der Waals surface area contributed by atoms with E-state index < -0.39 is 24.2 Å². The van der Waals surface area contributed by atoms with E-state index in [0.717, 1.165) is 12.1 Å². The second-order valence-corrected chi connectivity index (χ2v) is 5.24. The van der Waals surface area contributed by atoms with Gasteiger partial charge in [0.05, 0.1) is 0 Å². The summed E-state index contributed by atoms with van der Waals surface area (Å²) in [4.78, 5) is 23.8. The van der Waals surface area contributed by atoms with E-state index >= 15 is 0 Å². The fourth-order valence-corrected chi connectivity index (χ4v) is 2.22. The lowest BCUT2D eigenvalue weighted by molar-refractivity contribution is 0.0446. The first-order valence-corrected chi connectivity index (χ1v) is 7.06. The number of benzene rings is 2. The highest BCUT2D eigenvalue weighted by Gasteiger charge is 2.16. The summed E-state index contributed by atoms with van der Waals surface area (Å²) in [5, 5.41) is 1.18. The summed E-state index contributed by atoms with van der Waals surface area (Å²) in [5.41, 5.74) is 0.752. The van der Waals surface area contributed by atoms with E-state index in [1.165, 1.54) is 18.2 Å². The van der Waals surface area contributed by atoms with Crippen LogP contribution in [0.3, 0.4) is 0 Å². The van der Waals surface area contributed by atoms with Gasteiger partial charge < -0.3 is 9.15 Å². The van der Waals surface area contributed by atoms with Gasteiger partial charge in [0.2, 0.25) is 5.76 Å². The summed E-state index contributed by atoms with van der Waals surface area (Å²) < 4.78 is 23.1. The Morgan fingerprint density at radius 3 is 2.57 bits per heavy atom. The summed E-state index contributed by atoms with van der Waals surface area (Å²) in [6, 6.07) is 11.4. The molecule has 0 atom stereocenters.